The zero-order valence-electron chi connectivity index (χ0n) is 9.68. The van der Waals surface area contributed by atoms with Crippen LogP contribution in [0.25, 0.3) is 0 Å². The van der Waals surface area contributed by atoms with Crippen molar-refractivity contribution < 1.29 is 23.1 Å². The van der Waals surface area contributed by atoms with E-state index in [2.05, 4.69) is 10.4 Å². The van der Waals surface area contributed by atoms with Crippen LogP contribution in [0.2, 0.25) is 0 Å². The molecule has 0 saturated heterocycles. The van der Waals surface area contributed by atoms with Gasteiger partial charge in [-0.3, -0.25) is 9.48 Å². The molecule has 0 aliphatic heterocycles. The fraction of sp³-hybridized carbons (Fsp3) is 0.600. The summed E-state index contributed by atoms with van der Waals surface area (Å²) in [6, 6.07) is 1.39. The van der Waals surface area contributed by atoms with Crippen molar-refractivity contribution in [1.82, 2.24) is 15.1 Å². The summed E-state index contributed by atoms with van der Waals surface area (Å²) in [6.07, 6.45) is -1.51. The summed E-state index contributed by atoms with van der Waals surface area (Å²) in [5.41, 5.74) is 0. The van der Waals surface area contributed by atoms with Gasteiger partial charge in [0.05, 0.1) is 6.54 Å². The molecule has 2 atom stereocenters. The summed E-state index contributed by atoms with van der Waals surface area (Å²) in [7, 11) is 0. The van der Waals surface area contributed by atoms with Crippen LogP contribution in [0.4, 0.5) is 13.2 Å². The van der Waals surface area contributed by atoms with Crippen molar-refractivity contribution in [2.24, 2.45) is 5.92 Å². The number of carboxylic acid groups (broad SMARTS) is 1. The number of hydrogen-bond donors (Lipinski definition) is 2. The largest absolute Gasteiger partial charge is 0.481 e. The van der Waals surface area contributed by atoms with Gasteiger partial charge in [0.1, 0.15) is 0 Å². The van der Waals surface area contributed by atoms with Crippen molar-refractivity contribution in [3.8, 4) is 0 Å². The number of hydrogen-bond acceptors (Lipinski definition) is 3. The molecule has 0 amide bonds. The standard InChI is InChI=1S/C10H14F3N3O2/c1-7(6-16-4-2-3-15-16)14-5-8(9(17)18)10(11,12)13/h2-4,7-8,14H,5-6H2,1H3,(H,17,18). The van der Waals surface area contributed by atoms with Gasteiger partial charge in [0.2, 0.25) is 0 Å². The average molecular weight is 265 g/mol. The van der Waals surface area contributed by atoms with E-state index >= 15 is 0 Å². The Labute approximate surface area is 102 Å². The Hall–Kier alpha value is -1.57. The molecule has 2 unspecified atom stereocenters. The first-order valence-electron chi connectivity index (χ1n) is 5.31. The molecule has 0 radical (unpaired) electrons. The third-order valence-corrected chi connectivity index (χ3v) is 2.38. The summed E-state index contributed by atoms with van der Waals surface area (Å²) in [4.78, 5) is 10.5. The van der Waals surface area contributed by atoms with Crippen LogP contribution in [-0.2, 0) is 11.3 Å². The minimum absolute atomic E-state index is 0.311. The van der Waals surface area contributed by atoms with Gasteiger partial charge in [0, 0.05) is 25.0 Å². The molecular formula is C10H14F3N3O2. The highest BCUT2D eigenvalue weighted by molar-refractivity contribution is 5.71. The Morgan fingerprint density at radius 3 is 2.67 bits per heavy atom. The van der Waals surface area contributed by atoms with E-state index in [1.54, 1.807) is 30.1 Å². The third kappa shape index (κ3) is 4.36. The Balaban J connectivity index is 2.45. The van der Waals surface area contributed by atoms with Crippen LogP contribution in [0.15, 0.2) is 18.5 Å². The van der Waals surface area contributed by atoms with E-state index in [0.29, 0.717) is 6.54 Å². The second-order valence-corrected chi connectivity index (χ2v) is 3.97. The summed E-state index contributed by atoms with van der Waals surface area (Å²) in [5, 5.41) is 15.0. The monoisotopic (exact) mass is 265 g/mol. The summed E-state index contributed by atoms with van der Waals surface area (Å²) in [5.74, 6) is -4.26. The lowest BCUT2D eigenvalue weighted by molar-refractivity contribution is -0.192. The molecule has 18 heavy (non-hydrogen) atoms. The number of aromatic nitrogens is 2. The van der Waals surface area contributed by atoms with E-state index in [1.807, 2.05) is 0 Å². The van der Waals surface area contributed by atoms with Crippen LogP contribution in [-0.4, -0.2) is 39.6 Å². The predicted octanol–water partition coefficient (Wildman–Crippen LogP) is 1.12. The van der Waals surface area contributed by atoms with Crippen LogP contribution < -0.4 is 5.32 Å². The van der Waals surface area contributed by atoms with Crippen molar-refractivity contribution in [2.45, 2.75) is 25.7 Å². The fourth-order valence-electron chi connectivity index (χ4n) is 1.42. The Kier molecular flexibility index (Phi) is 4.71. The zero-order valence-corrected chi connectivity index (χ0v) is 9.68. The maximum Gasteiger partial charge on any atom is 0.403 e. The molecule has 1 aromatic heterocycles. The maximum atomic E-state index is 12.4. The Morgan fingerprint density at radius 1 is 1.56 bits per heavy atom. The zero-order chi connectivity index (χ0) is 13.8. The fourth-order valence-corrected chi connectivity index (χ4v) is 1.42. The number of carbonyl (C=O) groups is 1. The normalized spacial score (nSPS) is 15.3. The van der Waals surface area contributed by atoms with Gasteiger partial charge < -0.3 is 10.4 Å². The second-order valence-electron chi connectivity index (χ2n) is 3.97. The van der Waals surface area contributed by atoms with Crippen molar-refractivity contribution in [3.05, 3.63) is 18.5 Å². The van der Waals surface area contributed by atoms with Crippen molar-refractivity contribution in [1.29, 1.82) is 0 Å². The highest BCUT2D eigenvalue weighted by atomic mass is 19.4. The van der Waals surface area contributed by atoms with Crippen molar-refractivity contribution in [2.75, 3.05) is 6.54 Å². The number of alkyl halides is 3. The van der Waals surface area contributed by atoms with Gasteiger partial charge in [0.25, 0.3) is 0 Å². The lowest BCUT2D eigenvalue weighted by Gasteiger charge is -2.20. The quantitative estimate of drug-likeness (QED) is 0.809. The third-order valence-electron chi connectivity index (χ3n) is 2.38. The van der Waals surface area contributed by atoms with Crippen LogP contribution in [0.1, 0.15) is 6.92 Å². The lowest BCUT2D eigenvalue weighted by Crippen LogP contribution is -2.43. The molecule has 1 aromatic rings. The molecule has 1 heterocycles. The van der Waals surface area contributed by atoms with Crippen LogP contribution in [0.3, 0.4) is 0 Å². The molecule has 2 N–H and O–H groups in total. The number of carboxylic acids is 1. The van der Waals surface area contributed by atoms with Gasteiger partial charge in [-0.15, -0.1) is 0 Å². The van der Waals surface area contributed by atoms with E-state index in [0.717, 1.165) is 0 Å². The smallest absolute Gasteiger partial charge is 0.403 e. The molecule has 5 nitrogen and oxygen atoms in total. The first kappa shape index (κ1) is 14.5. The maximum absolute atomic E-state index is 12.4. The molecule has 8 heteroatoms. The number of rotatable bonds is 6. The van der Waals surface area contributed by atoms with Crippen LogP contribution in [0.5, 0.6) is 0 Å². The minimum Gasteiger partial charge on any atom is -0.481 e. The predicted molar refractivity (Wildman–Crippen MR) is 56.9 cm³/mol. The van der Waals surface area contributed by atoms with Gasteiger partial charge in [-0.25, -0.2) is 0 Å². The molecule has 0 fully saturated rings. The molecule has 0 aromatic carbocycles. The highest BCUT2D eigenvalue weighted by Gasteiger charge is 2.44. The molecular weight excluding hydrogens is 251 g/mol. The molecule has 0 spiro atoms. The summed E-state index contributed by atoms with van der Waals surface area (Å²) < 4.78 is 38.6. The van der Waals surface area contributed by atoms with E-state index in [-0.39, 0.29) is 6.04 Å². The van der Waals surface area contributed by atoms with Gasteiger partial charge in [-0.1, -0.05) is 0 Å². The topological polar surface area (TPSA) is 67.2 Å². The van der Waals surface area contributed by atoms with Crippen LogP contribution >= 0.6 is 0 Å². The summed E-state index contributed by atoms with van der Waals surface area (Å²) in [6.45, 7) is 1.38. The van der Waals surface area contributed by atoms with Gasteiger partial charge >= 0.3 is 12.1 Å². The molecule has 1 rings (SSSR count). The molecule has 102 valence electrons. The van der Waals surface area contributed by atoms with Gasteiger partial charge in [-0.2, -0.15) is 18.3 Å². The summed E-state index contributed by atoms with van der Waals surface area (Å²) >= 11 is 0. The van der Waals surface area contributed by atoms with E-state index < -0.39 is 24.6 Å². The average Bonchev–Trinajstić information content (AvgIpc) is 2.67. The van der Waals surface area contributed by atoms with Crippen molar-refractivity contribution in [3.63, 3.8) is 0 Å². The number of halogens is 3. The molecule has 0 bridgehead atoms. The lowest BCUT2D eigenvalue weighted by atomic mass is 10.1. The highest BCUT2D eigenvalue weighted by Crippen LogP contribution is 2.25. The van der Waals surface area contributed by atoms with Gasteiger partial charge in [-0.05, 0) is 13.0 Å². The number of aliphatic carboxylic acids is 1. The number of nitrogens with one attached hydrogen (secondary N) is 1. The van der Waals surface area contributed by atoms with E-state index in [9.17, 15) is 18.0 Å². The van der Waals surface area contributed by atoms with Crippen molar-refractivity contribution >= 4 is 5.97 Å². The van der Waals surface area contributed by atoms with Crippen LogP contribution in [0, 0.1) is 5.92 Å². The molecule has 0 aliphatic rings. The van der Waals surface area contributed by atoms with E-state index in [4.69, 9.17) is 5.11 Å². The molecule has 0 saturated carbocycles. The first-order chi connectivity index (χ1) is 8.30. The Morgan fingerprint density at radius 2 is 2.22 bits per heavy atom. The Bertz CT molecular complexity index is 378. The molecule has 0 aliphatic carbocycles. The SMILES string of the molecule is CC(Cn1cccn1)NCC(C(=O)O)C(F)(F)F. The second kappa shape index (κ2) is 5.85. The number of nitrogens with zero attached hydrogens (tertiary/aromatic N) is 2. The van der Waals surface area contributed by atoms with Gasteiger partial charge in [0.15, 0.2) is 5.92 Å². The minimum atomic E-state index is -4.75. The first-order valence-corrected chi connectivity index (χ1v) is 5.31. The van der Waals surface area contributed by atoms with E-state index in [1.165, 1.54) is 0 Å².